The number of rotatable bonds is 0. The van der Waals surface area contributed by atoms with Crippen LogP contribution >= 0.6 is 0 Å². The van der Waals surface area contributed by atoms with Crippen LogP contribution in [0.4, 0.5) is 0 Å². The molecule has 9 heavy (non-hydrogen) atoms. The molecule has 0 unspecified atom stereocenters. The van der Waals surface area contributed by atoms with Crippen molar-refractivity contribution in [1.29, 1.82) is 0 Å². The van der Waals surface area contributed by atoms with Crippen LogP contribution in [0.15, 0.2) is 0 Å². The van der Waals surface area contributed by atoms with Gasteiger partial charge < -0.3 is 24.7 Å². The van der Waals surface area contributed by atoms with Crippen LogP contribution < -0.4 is 0 Å². The van der Waals surface area contributed by atoms with Crippen LogP contribution in [0.3, 0.4) is 0 Å². The minimum atomic E-state index is -3.13. The van der Waals surface area contributed by atoms with Gasteiger partial charge in [0.05, 0.1) is 0 Å². The van der Waals surface area contributed by atoms with Crippen LogP contribution in [-0.2, 0) is 4.46 Å². The molecule has 0 heterocycles. The van der Waals surface area contributed by atoms with E-state index in [0.29, 0.717) is 0 Å². The monoisotopic (exact) mass is 170 g/mol. The highest BCUT2D eigenvalue weighted by atomic mass is 28.3. The van der Waals surface area contributed by atoms with E-state index in [1.807, 2.05) is 0 Å². The zero-order chi connectivity index (χ0) is 7.15. The Labute approximate surface area is 63.6 Å². The predicted octanol–water partition coefficient (Wildman–Crippen LogP) is -4.85. The summed E-state index contributed by atoms with van der Waals surface area (Å²) in [5, 5.41) is 21.5. The molecule has 0 aliphatic carbocycles. The van der Waals surface area contributed by atoms with Crippen LogP contribution in [0.25, 0.3) is 0 Å². The van der Waals surface area contributed by atoms with E-state index < -0.39 is 16.5 Å². The van der Waals surface area contributed by atoms with Crippen molar-refractivity contribution in [3.8, 4) is 0 Å². The van der Waals surface area contributed by atoms with E-state index in [9.17, 15) is 0 Å². The SMILES string of the molecule is O=[Si](O)O.OB(O)O.[AlH3]. The quantitative estimate of drug-likeness (QED) is 0.232. The van der Waals surface area contributed by atoms with Gasteiger partial charge in [-0.3, -0.25) is 4.46 Å². The zero-order valence-corrected chi connectivity index (χ0v) is 4.72. The lowest BCUT2D eigenvalue weighted by Gasteiger charge is -1.69. The maximum absolute atomic E-state index is 8.74. The van der Waals surface area contributed by atoms with Gasteiger partial charge in [-0.2, -0.15) is 0 Å². The molecule has 0 rings (SSSR count). The Balaban J connectivity index is -0.0000000720. The Kier molecular flexibility index (Phi) is 19.6. The molecule has 0 saturated carbocycles. The molecule has 6 nitrogen and oxygen atoms in total. The first kappa shape index (κ1) is 16.0. The van der Waals surface area contributed by atoms with Gasteiger partial charge in [0, 0.05) is 0 Å². The molecular formula is H8AlBO6Si. The lowest BCUT2D eigenvalue weighted by Crippen LogP contribution is -2.07. The van der Waals surface area contributed by atoms with E-state index >= 15 is 0 Å². The predicted molar refractivity (Wildman–Crippen MR) is 33.2 cm³/mol. The summed E-state index contributed by atoms with van der Waals surface area (Å²) in [6.45, 7) is 0. The van der Waals surface area contributed by atoms with Gasteiger partial charge in [-0.15, -0.1) is 0 Å². The molecule has 0 aromatic heterocycles. The molecule has 0 radical (unpaired) electrons. The molecule has 0 atom stereocenters. The molecule has 54 valence electrons. The summed E-state index contributed by atoms with van der Waals surface area (Å²) in [4.78, 5) is 14.3. The summed E-state index contributed by atoms with van der Waals surface area (Å²) in [6, 6.07) is 0. The average molecular weight is 170 g/mol. The highest BCUT2D eigenvalue weighted by Gasteiger charge is 1.92. The average Bonchev–Trinajstić information content (AvgIpc) is 1.25. The van der Waals surface area contributed by atoms with Crippen molar-refractivity contribution >= 4 is 33.9 Å². The van der Waals surface area contributed by atoms with Crippen LogP contribution in [-0.4, -0.2) is 58.5 Å². The van der Waals surface area contributed by atoms with Gasteiger partial charge in [-0.25, -0.2) is 0 Å². The summed E-state index contributed by atoms with van der Waals surface area (Å²) >= 11 is 0. The first-order valence-electron chi connectivity index (χ1n) is 1.43. The van der Waals surface area contributed by atoms with Crippen LogP contribution in [0.5, 0.6) is 0 Å². The van der Waals surface area contributed by atoms with Crippen molar-refractivity contribution in [3.05, 3.63) is 0 Å². The molecule has 0 amide bonds. The van der Waals surface area contributed by atoms with Gasteiger partial charge in [0.25, 0.3) is 0 Å². The maximum atomic E-state index is 8.74. The Morgan fingerprint density at radius 3 is 1.11 bits per heavy atom. The van der Waals surface area contributed by atoms with E-state index in [1.54, 1.807) is 0 Å². The van der Waals surface area contributed by atoms with Crippen molar-refractivity contribution in [2.45, 2.75) is 0 Å². The van der Waals surface area contributed by atoms with Crippen LogP contribution in [0, 0.1) is 0 Å². The van der Waals surface area contributed by atoms with Crippen molar-refractivity contribution in [2.75, 3.05) is 0 Å². The van der Waals surface area contributed by atoms with E-state index in [0.717, 1.165) is 0 Å². The first-order valence-corrected chi connectivity index (χ1v) is 2.73. The van der Waals surface area contributed by atoms with Crippen molar-refractivity contribution < 1.29 is 29.1 Å². The third kappa shape index (κ3) is 33800. The summed E-state index contributed by atoms with van der Waals surface area (Å²) < 4.78 is 8.74. The largest absolute Gasteiger partial charge is 0.761 e. The van der Waals surface area contributed by atoms with Gasteiger partial charge in [0.15, 0.2) is 17.4 Å². The summed E-state index contributed by atoms with van der Waals surface area (Å²) in [5.41, 5.74) is 0. The van der Waals surface area contributed by atoms with Crippen molar-refractivity contribution in [3.63, 3.8) is 0 Å². The second-order valence-corrected chi connectivity index (χ2v) is 1.19. The number of hydrogen-bond acceptors (Lipinski definition) is 4. The van der Waals surface area contributed by atoms with Crippen LogP contribution in [0.2, 0.25) is 0 Å². The van der Waals surface area contributed by atoms with Gasteiger partial charge in [0.1, 0.15) is 0 Å². The Morgan fingerprint density at radius 2 is 1.11 bits per heavy atom. The van der Waals surface area contributed by atoms with Gasteiger partial charge in [-0.05, 0) is 0 Å². The normalized spacial score (nSPS) is 5.67. The second-order valence-electron chi connectivity index (χ2n) is 0.629. The molecule has 0 aliphatic heterocycles. The molecular weight excluding hydrogens is 162 g/mol. The lowest BCUT2D eigenvalue weighted by atomic mass is 10.3. The highest BCUT2D eigenvalue weighted by Crippen LogP contribution is 1.40. The molecule has 0 aromatic rings. The molecule has 0 saturated heterocycles. The van der Waals surface area contributed by atoms with E-state index in [-0.39, 0.29) is 17.4 Å². The van der Waals surface area contributed by atoms with Gasteiger partial charge in [-0.1, -0.05) is 0 Å². The topological polar surface area (TPSA) is 118 Å². The van der Waals surface area contributed by atoms with Crippen LogP contribution in [0.1, 0.15) is 0 Å². The molecule has 5 N–H and O–H groups in total. The van der Waals surface area contributed by atoms with Gasteiger partial charge >= 0.3 is 16.5 Å². The summed E-state index contributed by atoms with van der Waals surface area (Å²) in [7, 11) is -5.30. The smallest absolute Gasteiger partial charge is 0.511 e. The standard InChI is InChI=1S/Al.BH3O3.H2O3Si.3H/c;2-1(3)4;1-4(2)3;;;/h;2-4H;1-2H;;;. The minimum Gasteiger partial charge on any atom is -0.511 e. The molecule has 0 bridgehead atoms. The Bertz CT molecular complexity index is 57.3. The fourth-order valence-corrected chi connectivity index (χ4v) is 0. The fourth-order valence-electron chi connectivity index (χ4n) is 0. The third-order valence-electron chi connectivity index (χ3n) is 0. The first-order chi connectivity index (χ1) is 3.46. The van der Waals surface area contributed by atoms with Crippen molar-refractivity contribution in [1.82, 2.24) is 0 Å². The van der Waals surface area contributed by atoms with E-state index in [2.05, 4.69) is 0 Å². The lowest BCUT2D eigenvalue weighted by molar-refractivity contribution is 0.278. The Hall–Kier alpha value is 0.0943. The Morgan fingerprint density at radius 1 is 1.11 bits per heavy atom. The fraction of sp³-hybridized carbons (Fsp3) is 0. The summed E-state index contributed by atoms with van der Waals surface area (Å²) in [6.07, 6.45) is 0. The molecule has 0 aromatic carbocycles. The third-order valence-corrected chi connectivity index (χ3v) is 0. The molecule has 0 spiro atoms. The maximum Gasteiger partial charge on any atom is 0.761 e. The molecule has 0 aliphatic rings. The van der Waals surface area contributed by atoms with E-state index in [4.69, 9.17) is 29.1 Å². The minimum absolute atomic E-state index is 0. The second kappa shape index (κ2) is 11.0. The number of hydrogen-bond donors (Lipinski definition) is 5. The van der Waals surface area contributed by atoms with Crippen molar-refractivity contribution in [2.24, 2.45) is 0 Å². The molecule has 0 fully saturated rings. The molecule has 9 heteroatoms. The highest BCUT2D eigenvalue weighted by molar-refractivity contribution is 6.30. The van der Waals surface area contributed by atoms with E-state index in [1.165, 1.54) is 0 Å². The summed E-state index contributed by atoms with van der Waals surface area (Å²) in [5.74, 6) is 0. The van der Waals surface area contributed by atoms with Gasteiger partial charge in [0.2, 0.25) is 0 Å². The zero-order valence-electron chi connectivity index (χ0n) is 3.72.